The summed E-state index contributed by atoms with van der Waals surface area (Å²) < 4.78 is 5.22. The van der Waals surface area contributed by atoms with Crippen LogP contribution >= 0.6 is 0 Å². The van der Waals surface area contributed by atoms with Gasteiger partial charge in [0.25, 0.3) is 0 Å². The lowest BCUT2D eigenvalue weighted by molar-refractivity contribution is 0.413. The number of rotatable bonds is 3. The summed E-state index contributed by atoms with van der Waals surface area (Å²) in [6.07, 6.45) is 1.21. The van der Waals surface area contributed by atoms with Gasteiger partial charge in [0, 0.05) is 0 Å². The van der Waals surface area contributed by atoms with E-state index in [4.69, 9.17) is 10.5 Å². The van der Waals surface area contributed by atoms with E-state index >= 15 is 0 Å². The van der Waals surface area contributed by atoms with Crippen LogP contribution in [-0.2, 0) is 5.41 Å². The Morgan fingerprint density at radius 3 is 2.93 bits per heavy atom. The van der Waals surface area contributed by atoms with Gasteiger partial charge < -0.3 is 10.5 Å². The summed E-state index contributed by atoms with van der Waals surface area (Å²) in [4.78, 5) is 0. The molecule has 1 aromatic carbocycles. The maximum absolute atomic E-state index is 5.69. The molecule has 2 rings (SSSR count). The molecule has 1 aromatic rings. The number of ether oxygens (including phenoxy) is 1. The summed E-state index contributed by atoms with van der Waals surface area (Å²) in [5, 5.41) is 0. The number of methoxy groups -OCH3 is 1. The average Bonchev–Trinajstić information content (AvgIpc) is 2.92. The summed E-state index contributed by atoms with van der Waals surface area (Å²) in [6, 6.07) is 8.31. The lowest BCUT2D eigenvalue weighted by Gasteiger charge is -2.12. The van der Waals surface area contributed by atoms with Crippen LogP contribution in [0.15, 0.2) is 24.3 Å². The Balaban J connectivity index is 2.25. The van der Waals surface area contributed by atoms with E-state index in [0.717, 1.165) is 12.3 Å². The Morgan fingerprint density at radius 2 is 2.36 bits per heavy atom. The molecule has 0 aliphatic heterocycles. The van der Waals surface area contributed by atoms with Gasteiger partial charge in [-0.25, -0.2) is 0 Å². The summed E-state index contributed by atoms with van der Waals surface area (Å²) >= 11 is 0. The number of hydrogen-bond donors (Lipinski definition) is 1. The quantitative estimate of drug-likeness (QED) is 0.792. The van der Waals surface area contributed by atoms with Crippen molar-refractivity contribution in [2.45, 2.75) is 18.8 Å². The molecule has 0 amide bonds. The van der Waals surface area contributed by atoms with Crippen molar-refractivity contribution in [3.8, 4) is 5.75 Å². The third-order valence-electron chi connectivity index (χ3n) is 3.43. The number of hydrogen-bond acceptors (Lipinski definition) is 2. The molecular formula is C12H17NO. The van der Waals surface area contributed by atoms with Crippen LogP contribution in [0.5, 0.6) is 5.75 Å². The highest BCUT2D eigenvalue weighted by molar-refractivity contribution is 5.38. The molecule has 0 heterocycles. The minimum atomic E-state index is 0.295. The summed E-state index contributed by atoms with van der Waals surface area (Å²) in [6.45, 7) is 3.06. The molecule has 0 aromatic heterocycles. The molecular weight excluding hydrogens is 174 g/mol. The van der Waals surface area contributed by atoms with Crippen LogP contribution < -0.4 is 10.5 Å². The molecule has 14 heavy (non-hydrogen) atoms. The Hall–Kier alpha value is -1.02. The van der Waals surface area contributed by atoms with Crippen molar-refractivity contribution in [1.29, 1.82) is 0 Å². The van der Waals surface area contributed by atoms with Gasteiger partial charge in [-0.1, -0.05) is 19.1 Å². The number of nitrogens with two attached hydrogens (primary N) is 1. The smallest absolute Gasteiger partial charge is 0.119 e. The van der Waals surface area contributed by atoms with Crippen LogP contribution in [0.2, 0.25) is 0 Å². The van der Waals surface area contributed by atoms with E-state index in [-0.39, 0.29) is 0 Å². The molecule has 0 saturated heterocycles. The lowest BCUT2D eigenvalue weighted by atomic mass is 9.95. The predicted octanol–water partition coefficient (Wildman–Crippen LogP) is 1.93. The molecule has 2 atom stereocenters. The molecule has 1 aliphatic rings. The second kappa shape index (κ2) is 3.28. The zero-order valence-electron chi connectivity index (χ0n) is 8.79. The van der Waals surface area contributed by atoms with Gasteiger partial charge in [0.1, 0.15) is 5.75 Å². The van der Waals surface area contributed by atoms with Crippen molar-refractivity contribution in [2.24, 2.45) is 11.7 Å². The minimum absolute atomic E-state index is 0.295. The van der Waals surface area contributed by atoms with Crippen LogP contribution in [0.25, 0.3) is 0 Å². The van der Waals surface area contributed by atoms with Gasteiger partial charge in [-0.2, -0.15) is 0 Å². The van der Waals surface area contributed by atoms with Crippen molar-refractivity contribution in [2.75, 3.05) is 13.7 Å². The van der Waals surface area contributed by atoms with E-state index in [0.29, 0.717) is 11.3 Å². The largest absolute Gasteiger partial charge is 0.497 e. The van der Waals surface area contributed by atoms with Crippen LogP contribution in [0.3, 0.4) is 0 Å². The maximum Gasteiger partial charge on any atom is 0.119 e. The molecule has 1 saturated carbocycles. The van der Waals surface area contributed by atoms with Gasteiger partial charge in [-0.3, -0.25) is 0 Å². The topological polar surface area (TPSA) is 35.2 Å². The van der Waals surface area contributed by atoms with Crippen molar-refractivity contribution in [3.63, 3.8) is 0 Å². The summed E-state index contributed by atoms with van der Waals surface area (Å²) in [7, 11) is 1.70. The number of benzene rings is 1. The molecule has 0 radical (unpaired) electrons. The second-order valence-electron chi connectivity index (χ2n) is 4.29. The van der Waals surface area contributed by atoms with E-state index in [1.54, 1.807) is 7.11 Å². The van der Waals surface area contributed by atoms with Crippen LogP contribution in [0, 0.1) is 5.92 Å². The fourth-order valence-corrected chi connectivity index (χ4v) is 2.13. The Morgan fingerprint density at radius 1 is 1.57 bits per heavy atom. The first-order chi connectivity index (χ1) is 6.70. The maximum atomic E-state index is 5.69. The third-order valence-corrected chi connectivity index (χ3v) is 3.43. The van der Waals surface area contributed by atoms with Crippen molar-refractivity contribution in [3.05, 3.63) is 29.8 Å². The first kappa shape index (κ1) is 9.53. The molecule has 1 fully saturated rings. The fourth-order valence-electron chi connectivity index (χ4n) is 2.13. The van der Waals surface area contributed by atoms with E-state index in [1.165, 1.54) is 12.0 Å². The minimum Gasteiger partial charge on any atom is -0.497 e. The zero-order chi connectivity index (χ0) is 10.2. The van der Waals surface area contributed by atoms with Gasteiger partial charge in [0.15, 0.2) is 0 Å². The van der Waals surface area contributed by atoms with E-state index in [9.17, 15) is 0 Å². The van der Waals surface area contributed by atoms with E-state index < -0.39 is 0 Å². The van der Waals surface area contributed by atoms with E-state index in [2.05, 4.69) is 19.1 Å². The molecule has 0 bridgehead atoms. The van der Waals surface area contributed by atoms with E-state index in [1.807, 2.05) is 12.1 Å². The molecule has 76 valence electrons. The van der Waals surface area contributed by atoms with Crippen LogP contribution in [0.4, 0.5) is 0 Å². The molecule has 2 nitrogen and oxygen atoms in total. The average molecular weight is 191 g/mol. The summed E-state index contributed by atoms with van der Waals surface area (Å²) in [5.41, 5.74) is 7.33. The Kier molecular flexibility index (Phi) is 2.23. The first-order valence-electron chi connectivity index (χ1n) is 5.05. The Labute approximate surface area is 85.1 Å². The highest BCUT2D eigenvalue weighted by Crippen LogP contribution is 2.53. The normalized spacial score (nSPS) is 30.1. The van der Waals surface area contributed by atoms with Gasteiger partial charge in [0.2, 0.25) is 0 Å². The third kappa shape index (κ3) is 1.40. The molecule has 0 spiro atoms. The second-order valence-corrected chi connectivity index (χ2v) is 4.29. The monoisotopic (exact) mass is 191 g/mol. The lowest BCUT2D eigenvalue weighted by Crippen LogP contribution is -2.11. The van der Waals surface area contributed by atoms with Crippen LogP contribution in [-0.4, -0.2) is 13.7 Å². The molecule has 2 N–H and O–H groups in total. The molecule has 2 heteroatoms. The van der Waals surface area contributed by atoms with Crippen molar-refractivity contribution < 1.29 is 4.74 Å². The van der Waals surface area contributed by atoms with Gasteiger partial charge in [-0.05, 0) is 42.0 Å². The summed E-state index contributed by atoms with van der Waals surface area (Å²) in [5.74, 6) is 1.58. The predicted molar refractivity (Wildman–Crippen MR) is 57.5 cm³/mol. The van der Waals surface area contributed by atoms with Gasteiger partial charge in [-0.15, -0.1) is 0 Å². The fraction of sp³-hybridized carbons (Fsp3) is 0.500. The van der Waals surface area contributed by atoms with Crippen molar-refractivity contribution >= 4 is 0 Å². The standard InChI is InChI=1S/C12H17NO/c1-12(7-10(12)8-13)9-4-3-5-11(6-9)14-2/h3-6,10H,7-8,13H2,1-2H3/t10-,12?/m0/s1. The Bertz CT molecular complexity index is 337. The highest BCUT2D eigenvalue weighted by Gasteiger charge is 2.50. The van der Waals surface area contributed by atoms with Gasteiger partial charge in [0.05, 0.1) is 7.11 Å². The molecule has 1 unspecified atom stereocenters. The zero-order valence-corrected chi connectivity index (χ0v) is 8.79. The SMILES string of the molecule is COc1cccc(C2(C)C[C@H]2CN)c1. The van der Waals surface area contributed by atoms with Gasteiger partial charge >= 0.3 is 0 Å². The van der Waals surface area contributed by atoms with Crippen LogP contribution in [0.1, 0.15) is 18.9 Å². The van der Waals surface area contributed by atoms with Crippen molar-refractivity contribution in [1.82, 2.24) is 0 Å². The highest BCUT2D eigenvalue weighted by atomic mass is 16.5. The molecule has 1 aliphatic carbocycles. The first-order valence-corrected chi connectivity index (χ1v) is 5.05.